The maximum atomic E-state index is 12.8. The lowest BCUT2D eigenvalue weighted by atomic mass is 10.0. The van der Waals surface area contributed by atoms with E-state index in [1.54, 1.807) is 18.3 Å². The summed E-state index contributed by atoms with van der Waals surface area (Å²) in [5.41, 5.74) is 1.25. The molecule has 0 fully saturated rings. The maximum absolute atomic E-state index is 12.8. The highest BCUT2D eigenvalue weighted by molar-refractivity contribution is 5.95. The molecule has 1 atom stereocenters. The minimum absolute atomic E-state index is 0.173. The van der Waals surface area contributed by atoms with Crippen LogP contribution in [0.4, 0.5) is 5.69 Å². The Hall–Kier alpha value is -3.88. The smallest absolute Gasteiger partial charge is 0.294 e. The summed E-state index contributed by atoms with van der Waals surface area (Å²) >= 11 is 0. The summed E-state index contributed by atoms with van der Waals surface area (Å²) in [5, 5.41) is 14.5. The molecular weight excluding hydrogens is 388 g/mol. The fraction of sp³-hybridized carbons (Fsp3) is 0.238. The number of hydrogen-bond acceptors (Lipinski definition) is 6. The van der Waals surface area contributed by atoms with Gasteiger partial charge in [0, 0.05) is 24.0 Å². The van der Waals surface area contributed by atoms with Crippen molar-refractivity contribution < 1.29 is 19.2 Å². The molecule has 4 rings (SSSR count). The monoisotopic (exact) mass is 408 g/mol. The van der Waals surface area contributed by atoms with Crippen molar-refractivity contribution in [2.75, 3.05) is 13.2 Å². The summed E-state index contributed by atoms with van der Waals surface area (Å²) in [6.45, 7) is 2.94. The number of nitrogens with one attached hydrogen (secondary N) is 1. The van der Waals surface area contributed by atoms with Crippen molar-refractivity contribution in [3.63, 3.8) is 0 Å². The second kappa shape index (κ2) is 8.24. The molecule has 2 heterocycles. The first-order chi connectivity index (χ1) is 14.6. The SMILES string of the molecule is CCC(NC(=O)c1ccc(-n2ccnc2)c([N+](=O)[O-])c1)c1ccc2c(c1)OCCO2. The van der Waals surface area contributed by atoms with Gasteiger partial charge in [-0.25, -0.2) is 4.98 Å². The van der Waals surface area contributed by atoms with Crippen LogP contribution < -0.4 is 14.8 Å². The van der Waals surface area contributed by atoms with Crippen LogP contribution in [0.2, 0.25) is 0 Å². The average Bonchev–Trinajstić information content (AvgIpc) is 3.31. The number of nitro benzene ring substituents is 1. The van der Waals surface area contributed by atoms with Crippen molar-refractivity contribution in [1.29, 1.82) is 0 Å². The average molecular weight is 408 g/mol. The number of imidazole rings is 1. The van der Waals surface area contributed by atoms with Gasteiger partial charge in [0.05, 0.1) is 17.3 Å². The molecule has 2 aromatic carbocycles. The summed E-state index contributed by atoms with van der Waals surface area (Å²) in [6, 6.07) is 9.67. The Labute approximate surface area is 172 Å². The van der Waals surface area contributed by atoms with Crippen LogP contribution >= 0.6 is 0 Å². The molecule has 9 heteroatoms. The molecule has 1 aliphatic heterocycles. The van der Waals surface area contributed by atoms with Gasteiger partial charge >= 0.3 is 0 Å². The molecule has 3 aromatic rings. The third-order valence-corrected chi connectivity index (χ3v) is 4.90. The van der Waals surface area contributed by atoms with Crippen LogP contribution in [0.15, 0.2) is 55.1 Å². The van der Waals surface area contributed by atoms with Crippen molar-refractivity contribution in [1.82, 2.24) is 14.9 Å². The maximum Gasteiger partial charge on any atom is 0.294 e. The van der Waals surface area contributed by atoms with E-state index < -0.39 is 10.8 Å². The Bertz CT molecular complexity index is 1080. The van der Waals surface area contributed by atoms with Gasteiger partial charge in [0.25, 0.3) is 11.6 Å². The first kappa shape index (κ1) is 19.4. The molecule has 0 saturated heterocycles. The topological polar surface area (TPSA) is 109 Å². The fourth-order valence-corrected chi connectivity index (χ4v) is 3.37. The van der Waals surface area contributed by atoms with Crippen LogP contribution in [0.3, 0.4) is 0 Å². The first-order valence-corrected chi connectivity index (χ1v) is 9.54. The normalized spacial score (nSPS) is 13.5. The summed E-state index contributed by atoms with van der Waals surface area (Å²) in [4.78, 5) is 27.8. The van der Waals surface area contributed by atoms with Crippen LogP contribution in [0.25, 0.3) is 5.69 Å². The van der Waals surface area contributed by atoms with E-state index in [4.69, 9.17) is 9.47 Å². The van der Waals surface area contributed by atoms with E-state index in [0.717, 1.165) is 5.56 Å². The van der Waals surface area contributed by atoms with Gasteiger partial charge < -0.3 is 19.4 Å². The number of nitro groups is 1. The molecule has 9 nitrogen and oxygen atoms in total. The number of carbonyl (C=O) groups is 1. The van der Waals surface area contributed by atoms with Gasteiger partial charge in [-0.1, -0.05) is 13.0 Å². The standard InChI is InChI=1S/C21H20N4O5/c1-2-16(14-4-6-19-20(12-14)30-10-9-29-19)23-21(26)15-3-5-17(18(11-15)25(27)28)24-8-7-22-13-24/h3-8,11-13,16H,2,9-10H2,1H3,(H,23,26). The minimum Gasteiger partial charge on any atom is -0.486 e. The Balaban J connectivity index is 1.58. The third kappa shape index (κ3) is 3.82. The molecular formula is C21H20N4O5. The lowest BCUT2D eigenvalue weighted by Gasteiger charge is -2.22. The van der Waals surface area contributed by atoms with Gasteiger partial charge in [-0.2, -0.15) is 0 Å². The van der Waals surface area contributed by atoms with Crippen LogP contribution in [0.5, 0.6) is 11.5 Å². The highest BCUT2D eigenvalue weighted by Crippen LogP contribution is 2.33. The zero-order chi connectivity index (χ0) is 21.1. The third-order valence-electron chi connectivity index (χ3n) is 4.90. The number of fused-ring (bicyclic) bond motifs is 1. The molecule has 154 valence electrons. The van der Waals surface area contributed by atoms with Gasteiger partial charge in [0.15, 0.2) is 11.5 Å². The van der Waals surface area contributed by atoms with Gasteiger partial charge in [-0.3, -0.25) is 14.9 Å². The molecule has 1 aromatic heterocycles. The number of aromatic nitrogens is 2. The summed E-state index contributed by atoms with van der Waals surface area (Å²) in [6.07, 6.45) is 5.25. The minimum atomic E-state index is -0.510. The van der Waals surface area contributed by atoms with Crippen molar-refractivity contribution in [2.45, 2.75) is 19.4 Å². The predicted octanol–water partition coefficient (Wildman–Crippen LogP) is 3.43. The first-order valence-electron chi connectivity index (χ1n) is 9.54. The van der Waals surface area contributed by atoms with Gasteiger partial charge in [0.2, 0.25) is 0 Å². The number of nitrogens with zero attached hydrogens (tertiary/aromatic N) is 3. The molecule has 0 aliphatic carbocycles. The molecule has 0 saturated carbocycles. The zero-order valence-corrected chi connectivity index (χ0v) is 16.3. The van der Waals surface area contributed by atoms with E-state index >= 15 is 0 Å². The molecule has 1 amide bonds. The van der Waals surface area contributed by atoms with Crippen molar-refractivity contribution in [3.05, 3.63) is 76.4 Å². The number of rotatable bonds is 6. The van der Waals surface area contributed by atoms with E-state index in [1.165, 1.54) is 23.2 Å². The number of amides is 1. The molecule has 1 unspecified atom stereocenters. The van der Waals surface area contributed by atoms with E-state index in [0.29, 0.717) is 36.8 Å². The van der Waals surface area contributed by atoms with Gasteiger partial charge in [-0.15, -0.1) is 0 Å². The summed E-state index contributed by atoms with van der Waals surface area (Å²) in [5.74, 6) is 0.931. The number of carbonyl (C=O) groups excluding carboxylic acids is 1. The molecule has 30 heavy (non-hydrogen) atoms. The van der Waals surface area contributed by atoms with Gasteiger partial charge in [-0.05, 0) is 36.2 Å². The van der Waals surface area contributed by atoms with E-state index in [1.807, 2.05) is 25.1 Å². The van der Waals surface area contributed by atoms with E-state index in [9.17, 15) is 14.9 Å². The molecule has 1 aliphatic rings. The Morgan fingerprint density at radius 3 is 2.73 bits per heavy atom. The number of hydrogen-bond donors (Lipinski definition) is 1. The lowest BCUT2D eigenvalue weighted by Crippen LogP contribution is -2.28. The number of benzene rings is 2. The molecule has 0 radical (unpaired) electrons. The van der Waals surface area contributed by atoms with E-state index in [-0.39, 0.29) is 17.3 Å². The summed E-state index contributed by atoms with van der Waals surface area (Å²) in [7, 11) is 0. The predicted molar refractivity (Wildman–Crippen MR) is 108 cm³/mol. The van der Waals surface area contributed by atoms with Crippen LogP contribution in [0, 0.1) is 10.1 Å². The largest absolute Gasteiger partial charge is 0.486 e. The Morgan fingerprint density at radius 2 is 2.03 bits per heavy atom. The molecule has 1 N–H and O–H groups in total. The molecule has 0 bridgehead atoms. The van der Waals surface area contributed by atoms with Crippen LogP contribution in [0.1, 0.15) is 35.3 Å². The zero-order valence-electron chi connectivity index (χ0n) is 16.3. The number of ether oxygens (including phenoxy) is 2. The van der Waals surface area contributed by atoms with E-state index in [2.05, 4.69) is 10.3 Å². The van der Waals surface area contributed by atoms with Crippen LogP contribution in [-0.2, 0) is 0 Å². The second-order valence-corrected chi connectivity index (χ2v) is 6.77. The van der Waals surface area contributed by atoms with Crippen molar-refractivity contribution >= 4 is 11.6 Å². The quantitative estimate of drug-likeness (QED) is 0.494. The summed E-state index contributed by atoms with van der Waals surface area (Å²) < 4.78 is 12.7. The van der Waals surface area contributed by atoms with Crippen molar-refractivity contribution in [3.8, 4) is 17.2 Å². The van der Waals surface area contributed by atoms with Crippen LogP contribution in [-0.4, -0.2) is 33.6 Å². The Morgan fingerprint density at radius 1 is 1.23 bits per heavy atom. The molecule has 0 spiro atoms. The fourth-order valence-electron chi connectivity index (χ4n) is 3.37. The lowest BCUT2D eigenvalue weighted by molar-refractivity contribution is -0.384. The highest BCUT2D eigenvalue weighted by atomic mass is 16.6. The Kier molecular flexibility index (Phi) is 5.34. The van der Waals surface area contributed by atoms with Gasteiger partial charge in [0.1, 0.15) is 18.9 Å². The van der Waals surface area contributed by atoms with Crippen molar-refractivity contribution in [2.24, 2.45) is 0 Å². The second-order valence-electron chi connectivity index (χ2n) is 6.77. The highest BCUT2D eigenvalue weighted by Gasteiger charge is 2.22.